The van der Waals surface area contributed by atoms with Crippen LogP contribution in [0.4, 0.5) is 0 Å². The number of methoxy groups -OCH3 is 2. The van der Waals surface area contributed by atoms with Gasteiger partial charge in [0.05, 0.1) is 19.7 Å². The lowest BCUT2D eigenvalue weighted by Crippen LogP contribution is -3.17. The summed E-state index contributed by atoms with van der Waals surface area (Å²) in [6, 6.07) is 0.420. The van der Waals surface area contributed by atoms with Gasteiger partial charge in [0, 0.05) is 21.3 Å². The molecule has 0 saturated heterocycles. The molecule has 0 aliphatic rings. The van der Waals surface area contributed by atoms with Gasteiger partial charge in [-0.15, -0.1) is 0 Å². The third kappa shape index (κ3) is 4.91. The molecule has 4 nitrogen and oxygen atoms in total. The first-order chi connectivity index (χ1) is 6.52. The zero-order valence-electron chi connectivity index (χ0n) is 10.3. The van der Waals surface area contributed by atoms with E-state index in [0.717, 1.165) is 13.2 Å². The first kappa shape index (κ1) is 13.8. The largest absolute Gasteiger partial charge is 0.383 e. The van der Waals surface area contributed by atoms with E-state index in [1.165, 1.54) is 5.01 Å². The van der Waals surface area contributed by atoms with Crippen LogP contribution in [0.1, 0.15) is 13.8 Å². The third-order valence-electron chi connectivity index (χ3n) is 2.66. The summed E-state index contributed by atoms with van der Waals surface area (Å²) < 4.78 is 10.4. The number of likely N-dealkylation sites (N-methyl/N-ethyl adjacent to an activating group) is 2. The molecule has 14 heavy (non-hydrogen) atoms. The van der Waals surface area contributed by atoms with E-state index in [-0.39, 0.29) is 6.10 Å². The zero-order valence-corrected chi connectivity index (χ0v) is 10.3. The van der Waals surface area contributed by atoms with Crippen LogP contribution >= 0.6 is 0 Å². The lowest BCUT2D eigenvalue weighted by atomic mass is 10.3. The van der Waals surface area contributed by atoms with Gasteiger partial charge in [0.2, 0.25) is 0 Å². The van der Waals surface area contributed by atoms with Gasteiger partial charge >= 0.3 is 0 Å². The number of ether oxygens (including phenoxy) is 2. The molecule has 0 heterocycles. The van der Waals surface area contributed by atoms with Crippen LogP contribution in [0.15, 0.2) is 0 Å². The topological polar surface area (TPSA) is 26.1 Å². The molecule has 0 aliphatic heterocycles. The average Bonchev–Trinajstić information content (AvgIpc) is 2.16. The number of nitrogens with zero attached hydrogens (tertiary/aromatic N) is 1. The molecular formula is C10H25N2O2+. The maximum absolute atomic E-state index is 5.23. The van der Waals surface area contributed by atoms with Crippen molar-refractivity contribution in [3.05, 3.63) is 0 Å². The van der Waals surface area contributed by atoms with E-state index in [9.17, 15) is 0 Å². The van der Waals surface area contributed by atoms with Gasteiger partial charge in [0.25, 0.3) is 0 Å². The minimum atomic E-state index is 0.284. The number of rotatable bonds is 7. The predicted octanol–water partition coefficient (Wildman–Crippen LogP) is -0.582. The first-order valence-electron chi connectivity index (χ1n) is 5.09. The normalized spacial score (nSPS) is 18.2. The minimum Gasteiger partial charge on any atom is -0.383 e. The number of quaternary nitrogens is 1. The molecule has 0 bridgehead atoms. The molecule has 3 unspecified atom stereocenters. The Hall–Kier alpha value is -0.160. The van der Waals surface area contributed by atoms with Crippen molar-refractivity contribution < 1.29 is 14.5 Å². The van der Waals surface area contributed by atoms with Crippen molar-refractivity contribution in [2.75, 3.05) is 41.5 Å². The maximum atomic E-state index is 5.23. The Labute approximate surface area is 87.7 Å². The van der Waals surface area contributed by atoms with Crippen molar-refractivity contribution in [2.45, 2.75) is 26.0 Å². The highest BCUT2D eigenvalue weighted by Gasteiger charge is 2.19. The summed E-state index contributed by atoms with van der Waals surface area (Å²) in [5, 5.41) is 3.59. The molecule has 0 aliphatic carbocycles. The van der Waals surface area contributed by atoms with Crippen LogP contribution < -0.4 is 5.01 Å². The second-order valence-electron chi connectivity index (χ2n) is 3.90. The smallest absolute Gasteiger partial charge is 0.121 e. The summed E-state index contributed by atoms with van der Waals surface area (Å²) in [5.41, 5.74) is 0. The third-order valence-corrected chi connectivity index (χ3v) is 2.66. The van der Waals surface area contributed by atoms with Gasteiger partial charge in [-0.25, -0.2) is 0 Å². The Morgan fingerprint density at radius 2 is 1.86 bits per heavy atom. The summed E-state index contributed by atoms with van der Waals surface area (Å²) >= 11 is 0. The van der Waals surface area contributed by atoms with Crippen molar-refractivity contribution in [1.29, 1.82) is 0 Å². The highest BCUT2D eigenvalue weighted by atomic mass is 16.5. The molecule has 3 atom stereocenters. The summed E-state index contributed by atoms with van der Waals surface area (Å²) in [7, 11) is 7.72. The Morgan fingerprint density at radius 1 is 1.29 bits per heavy atom. The highest BCUT2D eigenvalue weighted by molar-refractivity contribution is 4.52. The molecule has 0 aromatic heterocycles. The quantitative estimate of drug-likeness (QED) is 0.563. The van der Waals surface area contributed by atoms with Gasteiger partial charge in [-0.2, -0.15) is 5.01 Å². The molecule has 0 aromatic carbocycles. The van der Waals surface area contributed by atoms with Crippen molar-refractivity contribution in [2.24, 2.45) is 0 Å². The van der Waals surface area contributed by atoms with Gasteiger partial charge in [-0.3, -0.25) is 5.01 Å². The molecule has 0 rings (SSSR count). The van der Waals surface area contributed by atoms with Crippen LogP contribution in [-0.4, -0.2) is 58.6 Å². The SMILES string of the molecule is COCC(C)N(C)[NH+](C)CC(C)OC. The summed E-state index contributed by atoms with van der Waals surface area (Å²) in [6.07, 6.45) is 0.284. The summed E-state index contributed by atoms with van der Waals surface area (Å²) in [4.78, 5) is 0. The average molecular weight is 205 g/mol. The van der Waals surface area contributed by atoms with Crippen LogP contribution in [0.2, 0.25) is 0 Å². The molecule has 0 spiro atoms. The van der Waals surface area contributed by atoms with E-state index in [1.807, 2.05) is 0 Å². The predicted molar refractivity (Wildman–Crippen MR) is 57.3 cm³/mol. The molecule has 0 saturated carbocycles. The fourth-order valence-corrected chi connectivity index (χ4v) is 1.37. The molecule has 4 heteroatoms. The highest BCUT2D eigenvalue weighted by Crippen LogP contribution is 1.89. The number of hydrogen-bond acceptors (Lipinski definition) is 3. The van der Waals surface area contributed by atoms with Crippen LogP contribution in [0.25, 0.3) is 0 Å². The van der Waals surface area contributed by atoms with E-state index >= 15 is 0 Å². The van der Waals surface area contributed by atoms with Gasteiger partial charge in [-0.1, -0.05) is 0 Å². The van der Waals surface area contributed by atoms with Gasteiger partial charge in [-0.05, 0) is 13.8 Å². The molecule has 0 aromatic rings. The van der Waals surface area contributed by atoms with E-state index in [2.05, 4.69) is 33.0 Å². The second kappa shape index (κ2) is 7.17. The van der Waals surface area contributed by atoms with E-state index in [0.29, 0.717) is 6.04 Å². The standard InChI is InChI=1S/C10H24N2O2/c1-9(8-13-5)12(4)11(3)7-10(2)14-6/h9-10H,7-8H2,1-6H3/p+1. The van der Waals surface area contributed by atoms with Crippen LogP contribution in [0, 0.1) is 0 Å². The fraction of sp³-hybridized carbons (Fsp3) is 1.00. The van der Waals surface area contributed by atoms with Gasteiger partial charge in [0.15, 0.2) is 0 Å². The molecule has 1 N–H and O–H groups in total. The molecule has 0 radical (unpaired) electrons. The van der Waals surface area contributed by atoms with Crippen LogP contribution in [0.5, 0.6) is 0 Å². The van der Waals surface area contributed by atoms with E-state index in [4.69, 9.17) is 9.47 Å². The van der Waals surface area contributed by atoms with Crippen molar-refractivity contribution in [3.8, 4) is 0 Å². The Bertz CT molecular complexity index is 144. The Balaban J connectivity index is 3.90. The number of hydrogen-bond donors (Lipinski definition) is 1. The maximum Gasteiger partial charge on any atom is 0.121 e. The van der Waals surface area contributed by atoms with Gasteiger partial charge in [0.1, 0.15) is 12.6 Å². The van der Waals surface area contributed by atoms with E-state index in [1.54, 1.807) is 14.2 Å². The molecule has 0 amide bonds. The lowest BCUT2D eigenvalue weighted by Gasteiger charge is -2.30. The molecule has 0 fully saturated rings. The Morgan fingerprint density at radius 3 is 2.29 bits per heavy atom. The van der Waals surface area contributed by atoms with Crippen molar-refractivity contribution in [3.63, 3.8) is 0 Å². The van der Waals surface area contributed by atoms with E-state index < -0.39 is 0 Å². The fourth-order valence-electron chi connectivity index (χ4n) is 1.37. The Kier molecular flexibility index (Phi) is 7.09. The molecular weight excluding hydrogens is 180 g/mol. The monoisotopic (exact) mass is 205 g/mol. The van der Waals surface area contributed by atoms with Crippen LogP contribution in [0.3, 0.4) is 0 Å². The number of nitrogens with one attached hydrogen (secondary N) is 1. The van der Waals surface area contributed by atoms with Gasteiger partial charge < -0.3 is 9.47 Å². The second-order valence-corrected chi connectivity index (χ2v) is 3.90. The van der Waals surface area contributed by atoms with Crippen LogP contribution in [-0.2, 0) is 9.47 Å². The van der Waals surface area contributed by atoms with Crippen molar-refractivity contribution in [1.82, 2.24) is 5.01 Å². The first-order valence-corrected chi connectivity index (χ1v) is 5.09. The minimum absolute atomic E-state index is 0.284. The summed E-state index contributed by atoms with van der Waals surface area (Å²) in [5.74, 6) is 0. The lowest BCUT2D eigenvalue weighted by molar-refractivity contribution is -1.00. The molecule has 86 valence electrons. The zero-order chi connectivity index (χ0) is 11.1. The van der Waals surface area contributed by atoms with Crippen molar-refractivity contribution >= 4 is 0 Å². The summed E-state index contributed by atoms with van der Waals surface area (Å²) in [6.45, 7) is 5.97.